The van der Waals surface area contributed by atoms with E-state index in [2.05, 4.69) is 48.6 Å². The number of aliphatic hydroxyl groups is 2. The first kappa shape index (κ1) is 87.5. The van der Waals surface area contributed by atoms with E-state index in [4.69, 9.17) is 10.2 Å². The number of carbonyl (C=O) groups is 5. The van der Waals surface area contributed by atoms with Gasteiger partial charge in [-0.15, -0.1) is 0 Å². The number of alkyl halides is 21. The number of ketones is 5. The molecule has 2 fully saturated rings. The second-order valence-electron chi connectivity index (χ2n) is 16.8. The number of carbonyl (C=O) groups excluding carboxylic acids is 5. The van der Waals surface area contributed by atoms with Gasteiger partial charge in [0.1, 0.15) is 17.3 Å². The van der Waals surface area contributed by atoms with Crippen molar-refractivity contribution in [2.45, 2.75) is 114 Å². The molecule has 6 rings (SSSR count). The number of fused-ring (bicyclic) bond motifs is 4. The fraction of sp³-hybridized carbons (Fsp3) is 0.553. The van der Waals surface area contributed by atoms with E-state index in [1.807, 2.05) is 0 Å². The third-order valence-corrected chi connectivity index (χ3v) is 10.5. The lowest BCUT2D eigenvalue weighted by molar-refractivity contribution is -0.220. The zero-order valence-corrected chi connectivity index (χ0v) is 45.0. The fourth-order valence-corrected chi connectivity index (χ4v) is 7.16. The first-order chi connectivity index (χ1) is 34.6. The summed E-state index contributed by atoms with van der Waals surface area (Å²) in [6.07, 6.45) is -8.51. The van der Waals surface area contributed by atoms with E-state index in [9.17, 15) is 125 Å². The topological polar surface area (TPSA) is 192 Å². The third-order valence-electron chi connectivity index (χ3n) is 10.5. The predicted octanol–water partition coefficient (Wildman–Crippen LogP) is 13.2. The van der Waals surface area contributed by atoms with Crippen LogP contribution in [0.5, 0.6) is 0 Å². The normalized spacial score (nSPS) is 24.6. The zero-order chi connectivity index (χ0) is 60.9. The van der Waals surface area contributed by atoms with Crippen molar-refractivity contribution < 1.29 is 141 Å². The lowest BCUT2D eigenvalue weighted by Gasteiger charge is -2.34. The van der Waals surface area contributed by atoms with E-state index in [0.29, 0.717) is 13.3 Å². The predicted molar refractivity (Wildman–Crippen MR) is 258 cm³/mol. The van der Waals surface area contributed by atoms with Crippen LogP contribution >= 0.6 is 23.4 Å². The lowest BCUT2D eigenvalue weighted by atomic mass is 9.80. The van der Waals surface area contributed by atoms with Crippen LogP contribution in [0.2, 0.25) is 0 Å². The highest BCUT2D eigenvalue weighted by Crippen LogP contribution is 2.59. The highest BCUT2D eigenvalue weighted by Gasteiger charge is 2.66. The van der Waals surface area contributed by atoms with Gasteiger partial charge >= 0.3 is 37.1 Å². The minimum Gasteiger partial charge on any atom is -0.412 e. The van der Waals surface area contributed by atoms with E-state index in [1.165, 1.54) is 18.2 Å². The molecule has 4 bridgehead atoms. The van der Waals surface area contributed by atoms with Crippen molar-refractivity contribution in [3.05, 3.63) is 96.7 Å². The molecule has 0 aromatic rings. The Kier molecular flexibility index (Phi) is 39.7. The number of aliphatic hydroxyl groups excluding tert-OH is 2. The Balaban J connectivity index is -0.000000200. The Morgan fingerprint density at radius 3 is 1.16 bits per heavy atom. The molecule has 2 saturated carbocycles. The molecule has 6 aliphatic carbocycles. The van der Waals surface area contributed by atoms with Crippen LogP contribution in [0, 0.1) is 35.5 Å². The summed E-state index contributed by atoms with van der Waals surface area (Å²) in [6, 6.07) is 0. The van der Waals surface area contributed by atoms with Gasteiger partial charge < -0.3 is 21.8 Å². The number of hydrogen-bond acceptors (Lipinski definition) is 8. The Labute approximate surface area is 458 Å². The highest BCUT2D eigenvalue weighted by atomic mass is 32.1. The first-order valence-electron chi connectivity index (χ1n) is 21.6. The van der Waals surface area contributed by atoms with Crippen molar-refractivity contribution in [1.29, 1.82) is 0 Å². The largest absolute Gasteiger partial charge is 0.453 e. The van der Waals surface area contributed by atoms with Crippen molar-refractivity contribution in [3.8, 4) is 0 Å². The third kappa shape index (κ3) is 33.2. The molecule has 0 spiro atoms. The average Bonchev–Trinajstić information content (AvgIpc) is 4.12. The maximum absolute atomic E-state index is 13.9. The summed E-state index contributed by atoms with van der Waals surface area (Å²) in [6.45, 7) is 1.04. The summed E-state index contributed by atoms with van der Waals surface area (Å²) >= 11 is 0. The molecular weight excluding hydrogens is 1210 g/mol. The average molecular weight is 1270 g/mol. The maximum Gasteiger partial charge on any atom is 0.453 e. The van der Waals surface area contributed by atoms with Gasteiger partial charge in [0, 0.05) is 18.8 Å². The second-order valence-corrected chi connectivity index (χ2v) is 16.8. The van der Waals surface area contributed by atoms with Crippen LogP contribution in [0.1, 0.15) is 59.8 Å². The second kappa shape index (κ2) is 36.8. The van der Waals surface area contributed by atoms with Crippen LogP contribution in [0.4, 0.5) is 101 Å². The number of hydrogen-bond donors (Lipinski definition) is 3. The van der Waals surface area contributed by atoms with Gasteiger partial charge in [-0.05, 0) is 58.3 Å². The van der Waals surface area contributed by atoms with Gasteiger partial charge in [-0.2, -0.15) is 102 Å². The molecule has 6 aliphatic rings. The molecule has 0 saturated heterocycles. The zero-order valence-electron chi connectivity index (χ0n) is 42.6. The van der Waals surface area contributed by atoms with Crippen molar-refractivity contribution >= 4 is 52.3 Å². The molecule has 472 valence electrons. The number of rotatable bonds is 7. The van der Waals surface area contributed by atoms with E-state index < -0.39 is 162 Å². The summed E-state index contributed by atoms with van der Waals surface area (Å²) in [7, 11) is 0. The summed E-state index contributed by atoms with van der Waals surface area (Å²) in [5.74, 6) is -18.0. The number of Topliss-reactive ketones (excluding diaryl/α,β-unsaturated/α-hetero) is 5. The van der Waals surface area contributed by atoms with Gasteiger partial charge in [0.25, 0.3) is 5.78 Å². The van der Waals surface area contributed by atoms with Gasteiger partial charge in [0.15, 0.2) is 23.1 Å². The van der Waals surface area contributed by atoms with Crippen molar-refractivity contribution in [2.24, 2.45) is 35.5 Å². The van der Waals surface area contributed by atoms with Crippen molar-refractivity contribution in [2.75, 3.05) is 13.2 Å². The Morgan fingerprint density at radius 2 is 0.988 bits per heavy atom. The van der Waals surface area contributed by atoms with E-state index in [1.54, 1.807) is 6.08 Å². The maximum atomic E-state index is 13.9. The molecule has 10 atom stereocenters. The minimum atomic E-state index is -5.27. The summed E-state index contributed by atoms with van der Waals surface area (Å²) in [5.41, 5.74) is -4.60. The van der Waals surface area contributed by atoms with Gasteiger partial charge in [-0.3, -0.25) is 24.0 Å². The van der Waals surface area contributed by atoms with Crippen LogP contribution in [0.25, 0.3) is 0 Å². The molecule has 0 aliphatic heterocycles. The smallest absolute Gasteiger partial charge is 0.412 e. The Morgan fingerprint density at radius 1 is 0.617 bits per heavy atom. The molecular formula is C47H59F23NO8PS. The molecule has 0 aromatic heterocycles. The molecule has 7 N–H and O–H groups in total. The fourth-order valence-electron chi connectivity index (χ4n) is 7.16. The van der Waals surface area contributed by atoms with Crippen LogP contribution in [0.3, 0.4) is 0 Å². The summed E-state index contributed by atoms with van der Waals surface area (Å²) in [5, 5.41) is 16.5. The lowest BCUT2D eigenvalue weighted by Crippen LogP contribution is -2.48. The molecule has 0 radical (unpaired) electrons. The van der Waals surface area contributed by atoms with Crippen molar-refractivity contribution in [1.82, 2.24) is 6.15 Å². The monoisotopic (exact) mass is 1270 g/mol. The van der Waals surface area contributed by atoms with Crippen LogP contribution in [0.15, 0.2) is 96.7 Å². The summed E-state index contributed by atoms with van der Waals surface area (Å²) in [4.78, 5) is 49.6. The standard InChI is InChI=1S/C9H10F4O.C9H10F4.C5H4F4O2.C5H4F4O.C5H5F3O2.2C5H6.C4H4F4O.H3N.H2O.H3P.H2S/c10-8(4-14)6-2-1-5(3-6)7(8)9(11,12)13;1-8(10)6-3-2-5(4-6)7(8)9(11,12)13;1-2(10)3(6)4(11)5(7,8)9;1-3(10)4(6)2-5(7,8)9;1-3(9)2-4(10)5(6,7)8;2*1-2-4-5-3-1;5-3(2-9)1-4(6,7)8;;;;/h1-2,5-7,14H,3-4H2;2-3,5-7H,4H2,1H3;3H,1H3;2H,1H3;2H2,1H3;2*1-4H,5H2;1,9H,2H2;1H3;1H2;1H3;1H2/b;;;4-2-;;;;3-1+;;;;. The number of halogens is 23. The highest BCUT2D eigenvalue weighted by molar-refractivity contribution is 7.59. The minimum absolute atomic E-state index is 0. The molecule has 0 aromatic carbocycles. The number of allylic oxidation sites excluding steroid dienone is 15. The Bertz CT molecular complexity index is 2170. The van der Waals surface area contributed by atoms with Gasteiger partial charge in [0.05, 0.1) is 43.6 Å². The molecule has 34 heteroatoms. The molecule has 9 nitrogen and oxygen atoms in total. The molecule has 0 heterocycles. The van der Waals surface area contributed by atoms with E-state index >= 15 is 0 Å². The Hall–Kier alpha value is -4.72. The molecule has 81 heavy (non-hydrogen) atoms. The van der Waals surface area contributed by atoms with E-state index in [0.717, 1.165) is 33.6 Å². The SMILES string of the molecule is C1=CCC=C1.C1=CCC=C1.CC(=O)/C(F)=C/C(F)(F)F.CC(=O)C(F)C(=O)C(F)(F)F.CC(=O)CC(=O)C(F)(F)F.CC1(F)C2C=CC(C2)C1C(F)(F)F.N.O.OC/C(F)=C\C(F)(F)F.OCC1(F)C2C=CC(C2)C1C(F)(F)F.P.S. The first-order valence-corrected chi connectivity index (χ1v) is 21.6. The van der Waals surface area contributed by atoms with Gasteiger partial charge in [-0.1, -0.05) is 72.9 Å². The molecule has 10 unspecified atom stereocenters. The molecule has 0 amide bonds. The van der Waals surface area contributed by atoms with E-state index in [-0.39, 0.29) is 41.4 Å². The van der Waals surface area contributed by atoms with Gasteiger partial charge in [-0.25, -0.2) is 22.0 Å². The van der Waals surface area contributed by atoms with Crippen LogP contribution < -0.4 is 6.15 Å². The van der Waals surface area contributed by atoms with Gasteiger partial charge in [0.2, 0.25) is 12.0 Å². The van der Waals surface area contributed by atoms with Crippen LogP contribution in [-0.4, -0.2) is 112 Å². The summed E-state index contributed by atoms with van der Waals surface area (Å²) < 4.78 is 272. The quantitative estimate of drug-likeness (QED) is 0.0737. The van der Waals surface area contributed by atoms with Crippen LogP contribution in [-0.2, 0) is 24.0 Å². The van der Waals surface area contributed by atoms with Crippen molar-refractivity contribution in [3.63, 3.8) is 0 Å².